The second-order valence-electron chi connectivity index (χ2n) is 9.33. The van der Waals surface area contributed by atoms with Gasteiger partial charge < -0.3 is 14.6 Å². The van der Waals surface area contributed by atoms with Crippen molar-refractivity contribution in [1.29, 1.82) is 0 Å². The largest absolute Gasteiger partial charge is 0.494 e. The summed E-state index contributed by atoms with van der Waals surface area (Å²) in [6, 6.07) is 21.1. The fourth-order valence-corrected chi connectivity index (χ4v) is 5.48. The third-order valence-corrected chi connectivity index (χ3v) is 8.13. The Hall–Kier alpha value is -3.80. The zero-order chi connectivity index (χ0) is 28.4. The standard InChI is InChI=1S/C29H32FN3O6S/c30-24-11-7-22(8-12-24)15-17-31-33-28(35)29(16-20-40(36,37)26-5-2-1-3-6-26)21-39-27(32-29)23-9-13-25(14-10-23)38-19-4-18-34/h1-3,5-14,31,34H,4,15-21H2,(H,33,35)/t29-/m0/s1. The highest BCUT2D eigenvalue weighted by Crippen LogP contribution is 2.28. The maximum absolute atomic E-state index is 13.4. The van der Waals surface area contributed by atoms with E-state index in [1.807, 2.05) is 0 Å². The molecule has 0 saturated heterocycles. The Morgan fingerprint density at radius 3 is 2.48 bits per heavy atom. The van der Waals surface area contributed by atoms with Gasteiger partial charge in [0.15, 0.2) is 15.4 Å². The predicted octanol–water partition coefficient (Wildman–Crippen LogP) is 2.83. The smallest absolute Gasteiger partial charge is 0.265 e. The minimum absolute atomic E-state index is 0.0357. The third kappa shape index (κ3) is 7.65. The number of aliphatic hydroxyl groups excluding tert-OH is 1. The quantitative estimate of drug-likeness (QED) is 0.201. The van der Waals surface area contributed by atoms with Crippen molar-refractivity contribution >= 4 is 21.6 Å². The number of carbonyl (C=O) groups excluding carboxylic acids is 1. The van der Waals surface area contributed by atoms with Gasteiger partial charge in [0.25, 0.3) is 5.91 Å². The highest BCUT2D eigenvalue weighted by Gasteiger charge is 2.45. The van der Waals surface area contributed by atoms with Gasteiger partial charge in [0.1, 0.15) is 18.2 Å². The van der Waals surface area contributed by atoms with Gasteiger partial charge in [-0.2, -0.15) is 0 Å². The van der Waals surface area contributed by atoms with E-state index in [0.29, 0.717) is 37.3 Å². The lowest BCUT2D eigenvalue weighted by molar-refractivity contribution is -0.127. The summed E-state index contributed by atoms with van der Waals surface area (Å²) in [7, 11) is -3.67. The number of aliphatic hydroxyl groups is 1. The van der Waals surface area contributed by atoms with Gasteiger partial charge >= 0.3 is 0 Å². The van der Waals surface area contributed by atoms with E-state index >= 15 is 0 Å². The van der Waals surface area contributed by atoms with Crippen LogP contribution in [0.3, 0.4) is 0 Å². The van der Waals surface area contributed by atoms with Crippen molar-refractivity contribution < 1.29 is 32.2 Å². The van der Waals surface area contributed by atoms with Gasteiger partial charge in [0.05, 0.1) is 17.3 Å². The Labute approximate surface area is 232 Å². The number of aliphatic imine (C=N–C) groups is 1. The number of sulfone groups is 1. The van der Waals surface area contributed by atoms with E-state index in [2.05, 4.69) is 15.8 Å². The zero-order valence-electron chi connectivity index (χ0n) is 21.9. The molecule has 0 radical (unpaired) electrons. The summed E-state index contributed by atoms with van der Waals surface area (Å²) in [6.07, 6.45) is 0.953. The number of rotatable bonds is 14. The first-order valence-corrected chi connectivity index (χ1v) is 14.6. The molecule has 40 heavy (non-hydrogen) atoms. The van der Waals surface area contributed by atoms with Crippen molar-refractivity contribution in [2.75, 3.05) is 32.1 Å². The van der Waals surface area contributed by atoms with Crippen LogP contribution in [0.4, 0.5) is 4.39 Å². The lowest BCUT2D eigenvalue weighted by Gasteiger charge is -2.23. The fourth-order valence-electron chi connectivity index (χ4n) is 4.07. The van der Waals surface area contributed by atoms with Crippen molar-refractivity contribution in [3.05, 3.63) is 95.8 Å². The van der Waals surface area contributed by atoms with E-state index in [0.717, 1.165) is 5.56 Å². The molecule has 1 amide bonds. The van der Waals surface area contributed by atoms with E-state index < -0.39 is 21.3 Å². The lowest BCUT2D eigenvalue weighted by Crippen LogP contribution is -2.52. The summed E-state index contributed by atoms with van der Waals surface area (Å²) >= 11 is 0. The number of halogens is 1. The number of hydrogen-bond acceptors (Lipinski definition) is 8. The van der Waals surface area contributed by atoms with Crippen LogP contribution in [0.25, 0.3) is 0 Å². The van der Waals surface area contributed by atoms with Gasteiger partial charge in [-0.05, 0) is 66.9 Å². The van der Waals surface area contributed by atoms with Crippen LogP contribution in [0.15, 0.2) is 88.8 Å². The van der Waals surface area contributed by atoms with Crippen LogP contribution in [0.2, 0.25) is 0 Å². The molecule has 0 spiro atoms. The predicted molar refractivity (Wildman–Crippen MR) is 148 cm³/mol. The Balaban J connectivity index is 1.47. The van der Waals surface area contributed by atoms with E-state index in [-0.39, 0.29) is 42.0 Å². The summed E-state index contributed by atoms with van der Waals surface area (Å²) in [6.45, 7) is 0.645. The number of carbonyl (C=O) groups is 1. The molecule has 4 rings (SSSR count). The average Bonchev–Trinajstić information content (AvgIpc) is 3.42. The monoisotopic (exact) mass is 569 g/mol. The Kier molecular flexibility index (Phi) is 9.86. The minimum atomic E-state index is -3.67. The SMILES string of the molecule is O=C(NNCCc1ccc(F)cc1)[C@]1(CCS(=O)(=O)c2ccccc2)COC(c2ccc(OCCCO)cc2)=N1. The van der Waals surface area contributed by atoms with Crippen LogP contribution in [-0.2, 0) is 25.8 Å². The molecule has 3 aromatic rings. The number of nitrogens with one attached hydrogen (secondary N) is 2. The van der Waals surface area contributed by atoms with Crippen molar-refractivity contribution in [3.8, 4) is 5.75 Å². The summed E-state index contributed by atoms with van der Waals surface area (Å²) in [5.41, 5.74) is 5.53. The Bertz CT molecular complexity index is 1400. The number of hydrazine groups is 1. The number of hydrogen-bond donors (Lipinski definition) is 3. The summed E-state index contributed by atoms with van der Waals surface area (Å²) in [4.78, 5) is 18.2. The summed E-state index contributed by atoms with van der Waals surface area (Å²) in [5, 5.41) is 8.91. The second kappa shape index (κ2) is 13.5. The maximum atomic E-state index is 13.4. The molecule has 1 aliphatic heterocycles. The molecule has 9 nitrogen and oxygen atoms in total. The van der Waals surface area contributed by atoms with Crippen LogP contribution in [0.1, 0.15) is 24.0 Å². The first-order chi connectivity index (χ1) is 19.3. The first-order valence-electron chi connectivity index (χ1n) is 12.9. The van der Waals surface area contributed by atoms with E-state index in [1.54, 1.807) is 54.6 Å². The van der Waals surface area contributed by atoms with Gasteiger partial charge in [0.2, 0.25) is 5.90 Å². The number of nitrogens with zero attached hydrogens (tertiary/aromatic N) is 1. The molecule has 0 unspecified atom stereocenters. The highest BCUT2D eigenvalue weighted by atomic mass is 32.2. The molecule has 0 aromatic heterocycles. The molecule has 3 N–H and O–H groups in total. The molecule has 1 atom stereocenters. The normalized spacial score (nSPS) is 16.7. The van der Waals surface area contributed by atoms with E-state index in [9.17, 15) is 17.6 Å². The molecule has 0 bridgehead atoms. The minimum Gasteiger partial charge on any atom is -0.494 e. The molecule has 212 valence electrons. The van der Waals surface area contributed by atoms with Crippen molar-refractivity contribution in [1.82, 2.24) is 10.9 Å². The van der Waals surface area contributed by atoms with Crippen LogP contribution in [-0.4, -0.2) is 63.0 Å². The molecular formula is C29H32FN3O6S. The van der Waals surface area contributed by atoms with Crippen molar-refractivity contribution in [2.45, 2.75) is 29.7 Å². The zero-order valence-corrected chi connectivity index (χ0v) is 22.7. The van der Waals surface area contributed by atoms with Crippen molar-refractivity contribution in [2.24, 2.45) is 4.99 Å². The average molecular weight is 570 g/mol. The number of amides is 1. The van der Waals surface area contributed by atoms with Gasteiger partial charge in [-0.1, -0.05) is 30.3 Å². The van der Waals surface area contributed by atoms with E-state index in [1.165, 1.54) is 24.3 Å². The molecule has 11 heteroatoms. The fraction of sp³-hybridized carbons (Fsp3) is 0.310. The molecule has 1 aliphatic rings. The van der Waals surface area contributed by atoms with Crippen LogP contribution in [0.5, 0.6) is 5.75 Å². The second-order valence-corrected chi connectivity index (χ2v) is 11.4. The summed E-state index contributed by atoms with van der Waals surface area (Å²) in [5.74, 6) is -0.317. The van der Waals surface area contributed by atoms with Gasteiger partial charge in [-0.25, -0.2) is 23.2 Å². The number of ether oxygens (including phenoxy) is 2. The topological polar surface area (TPSA) is 126 Å². The molecule has 0 aliphatic carbocycles. The van der Waals surface area contributed by atoms with Gasteiger partial charge in [-0.15, -0.1) is 0 Å². The summed E-state index contributed by atoms with van der Waals surface area (Å²) < 4.78 is 50.5. The Morgan fingerprint density at radius 1 is 1.05 bits per heavy atom. The first kappa shape index (κ1) is 29.2. The van der Waals surface area contributed by atoms with Crippen LogP contribution < -0.4 is 15.6 Å². The van der Waals surface area contributed by atoms with Crippen LogP contribution >= 0.6 is 0 Å². The Morgan fingerprint density at radius 2 is 1.77 bits per heavy atom. The van der Waals surface area contributed by atoms with Gasteiger partial charge in [-0.3, -0.25) is 10.2 Å². The molecule has 1 heterocycles. The lowest BCUT2D eigenvalue weighted by atomic mass is 9.98. The molecule has 0 fully saturated rings. The molecule has 0 saturated carbocycles. The third-order valence-electron chi connectivity index (χ3n) is 6.40. The maximum Gasteiger partial charge on any atom is 0.265 e. The van der Waals surface area contributed by atoms with Crippen LogP contribution in [0, 0.1) is 5.82 Å². The number of benzene rings is 3. The van der Waals surface area contributed by atoms with E-state index in [4.69, 9.17) is 14.6 Å². The van der Waals surface area contributed by atoms with Gasteiger partial charge in [0, 0.05) is 25.1 Å². The highest BCUT2D eigenvalue weighted by molar-refractivity contribution is 7.91. The van der Waals surface area contributed by atoms with Crippen molar-refractivity contribution in [3.63, 3.8) is 0 Å². The molecule has 3 aromatic carbocycles. The molecular weight excluding hydrogens is 537 g/mol.